The molecule has 208 valence electrons. The standard InChI is InChI=1S/C29H31ClN6O4/c1-37-25-12-10-22(17-26(25)40-28-8-5-15-39-28)35(19-20-6-4-13-31-18-20)21-9-11-23(24(30)16-21)29-32-34-36(33-29)27-7-2-3-14-38-27/h4,6,9-13,16-18,27-28H,2-3,5,7-8,14-15,19H2,1H3. The lowest BCUT2D eigenvalue weighted by atomic mass is 10.1. The van der Waals surface area contributed by atoms with E-state index in [0.29, 0.717) is 47.7 Å². The van der Waals surface area contributed by atoms with E-state index < -0.39 is 0 Å². The molecule has 0 N–H and O–H groups in total. The van der Waals surface area contributed by atoms with Crippen LogP contribution >= 0.6 is 11.6 Å². The van der Waals surface area contributed by atoms with Gasteiger partial charge in [-0.05, 0) is 72.9 Å². The molecule has 2 aromatic heterocycles. The molecule has 11 heteroatoms. The third-order valence-corrected chi connectivity index (χ3v) is 7.33. The van der Waals surface area contributed by atoms with E-state index >= 15 is 0 Å². The molecule has 4 aromatic rings. The summed E-state index contributed by atoms with van der Waals surface area (Å²) in [6, 6.07) is 15.7. The highest BCUT2D eigenvalue weighted by Crippen LogP contribution is 2.39. The maximum atomic E-state index is 6.84. The topological polar surface area (TPSA) is 96.7 Å². The second-order valence-corrected chi connectivity index (χ2v) is 10.2. The average Bonchev–Trinajstić information content (AvgIpc) is 3.70. The van der Waals surface area contributed by atoms with Crippen LogP contribution in [0.25, 0.3) is 11.4 Å². The summed E-state index contributed by atoms with van der Waals surface area (Å²) in [7, 11) is 1.63. The van der Waals surface area contributed by atoms with Crippen molar-refractivity contribution in [3.8, 4) is 22.9 Å². The minimum Gasteiger partial charge on any atom is -0.493 e. The summed E-state index contributed by atoms with van der Waals surface area (Å²) < 4.78 is 23.3. The maximum absolute atomic E-state index is 6.84. The zero-order valence-corrected chi connectivity index (χ0v) is 23.0. The van der Waals surface area contributed by atoms with Gasteiger partial charge in [0.25, 0.3) is 0 Å². The Morgan fingerprint density at radius 2 is 1.88 bits per heavy atom. The zero-order chi connectivity index (χ0) is 27.3. The van der Waals surface area contributed by atoms with Crippen molar-refractivity contribution in [2.45, 2.75) is 51.2 Å². The Morgan fingerprint density at radius 1 is 1.00 bits per heavy atom. The van der Waals surface area contributed by atoms with Gasteiger partial charge in [-0.1, -0.05) is 17.7 Å². The first-order valence-corrected chi connectivity index (χ1v) is 13.9. The van der Waals surface area contributed by atoms with Crippen LogP contribution in [0, 0.1) is 0 Å². The van der Waals surface area contributed by atoms with E-state index in [4.69, 9.17) is 30.5 Å². The zero-order valence-electron chi connectivity index (χ0n) is 22.3. The Balaban J connectivity index is 1.32. The van der Waals surface area contributed by atoms with E-state index in [1.807, 2.05) is 54.7 Å². The van der Waals surface area contributed by atoms with Crippen molar-refractivity contribution in [1.82, 2.24) is 25.2 Å². The van der Waals surface area contributed by atoms with Crippen molar-refractivity contribution in [1.29, 1.82) is 0 Å². The lowest BCUT2D eigenvalue weighted by Crippen LogP contribution is -2.20. The maximum Gasteiger partial charge on any atom is 0.206 e. The lowest BCUT2D eigenvalue weighted by Gasteiger charge is -2.27. The molecule has 2 atom stereocenters. The van der Waals surface area contributed by atoms with Crippen molar-refractivity contribution < 1.29 is 18.9 Å². The number of methoxy groups -OCH3 is 1. The Hall–Kier alpha value is -3.73. The molecule has 6 rings (SSSR count). The van der Waals surface area contributed by atoms with Crippen LogP contribution < -0.4 is 14.4 Å². The number of rotatable bonds is 9. The van der Waals surface area contributed by atoms with Gasteiger partial charge in [-0.2, -0.15) is 0 Å². The molecular formula is C29H31ClN6O4. The molecule has 2 aliphatic rings. The van der Waals surface area contributed by atoms with Gasteiger partial charge >= 0.3 is 0 Å². The predicted octanol–water partition coefficient (Wildman–Crippen LogP) is 5.95. The van der Waals surface area contributed by atoms with Crippen LogP contribution in [0.5, 0.6) is 11.5 Å². The van der Waals surface area contributed by atoms with Crippen LogP contribution in [-0.2, 0) is 16.0 Å². The SMILES string of the molecule is COc1ccc(N(Cc2cccnc2)c2ccc(-c3nnn(C4CCCCO4)n3)c(Cl)c2)cc1OC1CCCO1. The van der Waals surface area contributed by atoms with E-state index in [0.717, 1.165) is 49.0 Å². The minimum absolute atomic E-state index is 0.191. The number of nitrogens with zero attached hydrogens (tertiary/aromatic N) is 6. The van der Waals surface area contributed by atoms with Crippen LogP contribution in [0.4, 0.5) is 11.4 Å². The molecule has 2 saturated heterocycles. The van der Waals surface area contributed by atoms with Crippen LogP contribution in [0.1, 0.15) is 43.9 Å². The molecular weight excluding hydrogens is 532 g/mol. The molecule has 0 saturated carbocycles. The summed E-state index contributed by atoms with van der Waals surface area (Å²) in [5.74, 6) is 1.72. The summed E-state index contributed by atoms with van der Waals surface area (Å²) in [5, 5.41) is 13.6. The first-order valence-electron chi connectivity index (χ1n) is 13.5. The van der Waals surface area contributed by atoms with Crippen LogP contribution in [0.15, 0.2) is 60.9 Å². The molecule has 0 bridgehead atoms. The fourth-order valence-electron chi connectivity index (χ4n) is 4.93. The number of pyridine rings is 1. The largest absolute Gasteiger partial charge is 0.493 e. The van der Waals surface area contributed by atoms with Crippen molar-refractivity contribution in [2.24, 2.45) is 0 Å². The number of anilines is 2. The Morgan fingerprint density at radius 3 is 2.62 bits per heavy atom. The number of ether oxygens (including phenoxy) is 4. The Bertz CT molecular complexity index is 1420. The molecule has 0 radical (unpaired) electrons. The molecule has 0 amide bonds. The highest BCUT2D eigenvalue weighted by Gasteiger charge is 2.23. The highest BCUT2D eigenvalue weighted by molar-refractivity contribution is 6.33. The first-order chi connectivity index (χ1) is 19.7. The van der Waals surface area contributed by atoms with Gasteiger partial charge in [-0.15, -0.1) is 15.0 Å². The van der Waals surface area contributed by atoms with E-state index in [9.17, 15) is 0 Å². The summed E-state index contributed by atoms with van der Waals surface area (Å²) >= 11 is 6.84. The second-order valence-electron chi connectivity index (χ2n) is 9.76. The minimum atomic E-state index is -0.287. The summed E-state index contributed by atoms with van der Waals surface area (Å²) in [6.45, 7) is 1.96. The van der Waals surface area contributed by atoms with Crippen molar-refractivity contribution in [3.05, 3.63) is 71.5 Å². The Labute approximate surface area is 237 Å². The molecule has 0 aliphatic carbocycles. The number of tetrazole rings is 1. The van der Waals surface area contributed by atoms with Gasteiger partial charge in [-0.3, -0.25) is 4.98 Å². The molecule has 0 spiro atoms. The van der Waals surface area contributed by atoms with Crippen molar-refractivity contribution >= 4 is 23.0 Å². The molecule has 2 aromatic carbocycles. The van der Waals surface area contributed by atoms with Gasteiger partial charge in [0, 0.05) is 55.0 Å². The summed E-state index contributed by atoms with van der Waals surface area (Å²) in [5.41, 5.74) is 3.52. The molecule has 4 heterocycles. The molecule has 2 fully saturated rings. The molecule has 2 aliphatic heterocycles. The van der Waals surface area contributed by atoms with Gasteiger partial charge in [-0.25, -0.2) is 0 Å². The molecule has 10 nitrogen and oxygen atoms in total. The molecule has 2 unspecified atom stereocenters. The van der Waals surface area contributed by atoms with Crippen LogP contribution in [-0.4, -0.2) is 51.8 Å². The second kappa shape index (κ2) is 12.2. The van der Waals surface area contributed by atoms with E-state index in [1.165, 1.54) is 0 Å². The predicted molar refractivity (Wildman–Crippen MR) is 150 cm³/mol. The number of hydrogen-bond donors (Lipinski definition) is 0. The van der Waals surface area contributed by atoms with Crippen LogP contribution in [0.3, 0.4) is 0 Å². The lowest BCUT2D eigenvalue weighted by molar-refractivity contribution is -0.0488. The van der Waals surface area contributed by atoms with Crippen LogP contribution in [0.2, 0.25) is 5.02 Å². The third-order valence-electron chi connectivity index (χ3n) is 7.02. The average molecular weight is 563 g/mol. The van der Waals surface area contributed by atoms with E-state index in [-0.39, 0.29) is 12.5 Å². The van der Waals surface area contributed by atoms with Gasteiger partial charge in [0.05, 0.1) is 18.7 Å². The quantitative estimate of drug-likeness (QED) is 0.245. The van der Waals surface area contributed by atoms with Crippen molar-refractivity contribution in [3.63, 3.8) is 0 Å². The van der Waals surface area contributed by atoms with Gasteiger partial charge < -0.3 is 23.8 Å². The monoisotopic (exact) mass is 562 g/mol. The smallest absolute Gasteiger partial charge is 0.206 e. The Kier molecular flexibility index (Phi) is 8.08. The van der Waals surface area contributed by atoms with Gasteiger partial charge in [0.1, 0.15) is 0 Å². The van der Waals surface area contributed by atoms with Gasteiger partial charge in [0.2, 0.25) is 5.82 Å². The number of hydrogen-bond acceptors (Lipinski definition) is 9. The van der Waals surface area contributed by atoms with E-state index in [2.05, 4.69) is 25.3 Å². The highest BCUT2D eigenvalue weighted by atomic mass is 35.5. The fraction of sp³-hybridized carbons (Fsp3) is 0.379. The number of benzene rings is 2. The summed E-state index contributed by atoms with van der Waals surface area (Å²) in [6.07, 6.45) is 7.95. The number of halogens is 1. The summed E-state index contributed by atoms with van der Waals surface area (Å²) in [4.78, 5) is 7.99. The molecule has 40 heavy (non-hydrogen) atoms. The third kappa shape index (κ3) is 5.89. The fourth-order valence-corrected chi connectivity index (χ4v) is 5.19. The van der Waals surface area contributed by atoms with E-state index in [1.54, 1.807) is 18.1 Å². The van der Waals surface area contributed by atoms with Gasteiger partial charge in [0.15, 0.2) is 24.0 Å². The number of aromatic nitrogens is 5. The van der Waals surface area contributed by atoms with Crippen molar-refractivity contribution in [2.75, 3.05) is 25.2 Å². The first kappa shape index (κ1) is 26.5. The normalized spacial score (nSPS) is 18.9.